The second kappa shape index (κ2) is 6.63. The third-order valence-corrected chi connectivity index (χ3v) is 4.53. The molecular weight excluding hydrogens is 379 g/mol. The fourth-order valence-corrected chi connectivity index (χ4v) is 2.95. The molecular formula is C18H14F3N3O4. The van der Waals surface area contributed by atoms with Gasteiger partial charge in [-0.25, -0.2) is 4.79 Å². The molecule has 1 atom stereocenters. The Bertz CT molecular complexity index is 959. The van der Waals surface area contributed by atoms with Gasteiger partial charge in [0.1, 0.15) is 5.54 Å². The molecule has 3 amide bonds. The molecule has 1 heterocycles. The molecule has 28 heavy (non-hydrogen) atoms. The first-order chi connectivity index (χ1) is 13.0. The Hall–Kier alpha value is -3.43. The molecule has 2 aromatic carbocycles. The van der Waals surface area contributed by atoms with Gasteiger partial charge in [-0.1, -0.05) is 24.3 Å². The summed E-state index contributed by atoms with van der Waals surface area (Å²) in [5, 5.41) is 13.5. The summed E-state index contributed by atoms with van der Waals surface area (Å²) in [6.45, 7) is 1.19. The third-order valence-electron chi connectivity index (χ3n) is 4.53. The minimum absolute atomic E-state index is 0.229. The summed E-state index contributed by atoms with van der Waals surface area (Å²) >= 11 is 0. The van der Waals surface area contributed by atoms with Crippen LogP contribution in [-0.2, 0) is 23.1 Å². The average Bonchev–Trinajstić information content (AvgIpc) is 2.86. The predicted octanol–water partition coefficient (Wildman–Crippen LogP) is 3.58. The number of hydrogen-bond acceptors (Lipinski definition) is 4. The first-order valence-corrected chi connectivity index (χ1v) is 8.07. The predicted molar refractivity (Wildman–Crippen MR) is 91.0 cm³/mol. The van der Waals surface area contributed by atoms with Crippen LogP contribution in [0.1, 0.15) is 23.6 Å². The number of hydrogen-bond donors (Lipinski definition) is 1. The number of non-ortho nitro benzene ring substituents is 1. The summed E-state index contributed by atoms with van der Waals surface area (Å²) in [5.74, 6) is -0.655. The highest BCUT2D eigenvalue weighted by Gasteiger charge is 2.49. The van der Waals surface area contributed by atoms with Crippen molar-refractivity contribution < 1.29 is 27.7 Å². The molecule has 7 nitrogen and oxygen atoms in total. The van der Waals surface area contributed by atoms with Crippen molar-refractivity contribution in [1.82, 2.24) is 10.2 Å². The molecule has 0 bridgehead atoms. The number of halogens is 3. The zero-order valence-corrected chi connectivity index (χ0v) is 14.5. The van der Waals surface area contributed by atoms with Crippen LogP contribution in [0, 0.1) is 10.1 Å². The van der Waals surface area contributed by atoms with Gasteiger partial charge >= 0.3 is 12.2 Å². The number of amides is 3. The largest absolute Gasteiger partial charge is 0.416 e. The molecule has 0 radical (unpaired) electrons. The van der Waals surface area contributed by atoms with E-state index in [1.807, 2.05) is 0 Å². The lowest BCUT2D eigenvalue weighted by Crippen LogP contribution is -2.40. The number of carbonyl (C=O) groups excluding carboxylic acids is 2. The van der Waals surface area contributed by atoms with E-state index in [4.69, 9.17) is 0 Å². The van der Waals surface area contributed by atoms with Gasteiger partial charge in [-0.15, -0.1) is 0 Å². The summed E-state index contributed by atoms with van der Waals surface area (Å²) in [4.78, 5) is 36.4. The fraction of sp³-hybridized carbons (Fsp3) is 0.222. The zero-order valence-electron chi connectivity index (χ0n) is 14.5. The number of nitro benzene ring substituents is 1. The fourth-order valence-electron chi connectivity index (χ4n) is 2.95. The number of benzene rings is 2. The quantitative estimate of drug-likeness (QED) is 0.488. The summed E-state index contributed by atoms with van der Waals surface area (Å²) in [6, 6.07) is 8.70. The van der Waals surface area contributed by atoms with Gasteiger partial charge in [0.25, 0.3) is 11.6 Å². The van der Waals surface area contributed by atoms with Crippen LogP contribution in [0.2, 0.25) is 0 Å². The summed E-state index contributed by atoms with van der Waals surface area (Å²) in [5.41, 5.74) is -2.03. The number of rotatable bonds is 4. The molecule has 1 saturated heterocycles. The van der Waals surface area contributed by atoms with Gasteiger partial charge in [0.05, 0.1) is 17.0 Å². The van der Waals surface area contributed by atoms with E-state index in [9.17, 15) is 32.9 Å². The molecule has 0 aliphatic carbocycles. The van der Waals surface area contributed by atoms with Crippen LogP contribution in [0.4, 0.5) is 23.7 Å². The smallest absolute Gasteiger partial charge is 0.319 e. The Labute approximate surface area is 156 Å². The molecule has 1 aliphatic heterocycles. The number of urea groups is 1. The molecule has 0 spiro atoms. The molecule has 1 aliphatic rings. The number of nitrogens with zero attached hydrogens (tertiary/aromatic N) is 2. The normalized spacial score (nSPS) is 19.6. The van der Waals surface area contributed by atoms with Crippen LogP contribution in [0.5, 0.6) is 0 Å². The van der Waals surface area contributed by atoms with Gasteiger partial charge in [0.15, 0.2) is 0 Å². The van der Waals surface area contributed by atoms with Crippen molar-refractivity contribution in [2.24, 2.45) is 0 Å². The number of nitrogens with one attached hydrogen (secondary N) is 1. The molecule has 1 unspecified atom stereocenters. The summed E-state index contributed by atoms with van der Waals surface area (Å²) in [6.07, 6.45) is -4.49. The number of nitro groups is 1. The topological polar surface area (TPSA) is 92.6 Å². The molecule has 1 N–H and O–H groups in total. The van der Waals surface area contributed by atoms with Crippen molar-refractivity contribution in [1.29, 1.82) is 0 Å². The van der Waals surface area contributed by atoms with Crippen LogP contribution in [0.15, 0.2) is 48.5 Å². The average molecular weight is 393 g/mol. The van der Waals surface area contributed by atoms with Crippen LogP contribution in [0.25, 0.3) is 0 Å². The Kier molecular flexibility index (Phi) is 4.58. The molecule has 10 heteroatoms. The van der Waals surface area contributed by atoms with Crippen molar-refractivity contribution in [3.63, 3.8) is 0 Å². The molecule has 0 aromatic heterocycles. The Morgan fingerprint density at radius 2 is 1.79 bits per heavy atom. The monoisotopic (exact) mass is 393 g/mol. The zero-order chi connectivity index (χ0) is 20.7. The lowest BCUT2D eigenvalue weighted by atomic mass is 9.91. The number of carbonyl (C=O) groups is 2. The summed E-state index contributed by atoms with van der Waals surface area (Å²) < 4.78 is 38.0. The minimum Gasteiger partial charge on any atom is -0.319 e. The van der Waals surface area contributed by atoms with Gasteiger partial charge in [0, 0.05) is 12.1 Å². The Balaban J connectivity index is 1.85. The van der Waals surface area contributed by atoms with E-state index >= 15 is 0 Å². The molecule has 0 saturated carbocycles. The van der Waals surface area contributed by atoms with Gasteiger partial charge in [0.2, 0.25) is 0 Å². The van der Waals surface area contributed by atoms with E-state index in [0.29, 0.717) is 5.56 Å². The lowest BCUT2D eigenvalue weighted by molar-refractivity contribution is -0.385. The maximum absolute atomic E-state index is 12.8. The van der Waals surface area contributed by atoms with Crippen molar-refractivity contribution in [2.45, 2.75) is 25.2 Å². The molecule has 3 rings (SSSR count). The van der Waals surface area contributed by atoms with E-state index in [0.717, 1.165) is 17.0 Å². The highest BCUT2D eigenvalue weighted by atomic mass is 19.4. The third kappa shape index (κ3) is 3.40. The first-order valence-electron chi connectivity index (χ1n) is 8.07. The van der Waals surface area contributed by atoms with Crippen molar-refractivity contribution in [3.05, 3.63) is 75.3 Å². The SMILES string of the molecule is CC1(c2cccc([N+](=O)[O-])c2)NC(=O)N(Cc2ccc(C(F)(F)F)cc2)C1=O. The van der Waals surface area contributed by atoms with E-state index in [-0.39, 0.29) is 17.8 Å². The second-order valence-corrected chi connectivity index (χ2v) is 6.45. The van der Waals surface area contributed by atoms with Crippen LogP contribution in [0.3, 0.4) is 0 Å². The van der Waals surface area contributed by atoms with E-state index in [1.165, 1.54) is 43.3 Å². The van der Waals surface area contributed by atoms with Crippen LogP contribution >= 0.6 is 0 Å². The highest BCUT2D eigenvalue weighted by Crippen LogP contribution is 2.32. The molecule has 146 valence electrons. The summed E-state index contributed by atoms with van der Waals surface area (Å²) in [7, 11) is 0. The lowest BCUT2D eigenvalue weighted by Gasteiger charge is -2.22. The maximum atomic E-state index is 12.8. The van der Waals surface area contributed by atoms with E-state index < -0.39 is 34.1 Å². The van der Waals surface area contributed by atoms with E-state index in [1.54, 1.807) is 0 Å². The van der Waals surface area contributed by atoms with Crippen LogP contribution < -0.4 is 5.32 Å². The van der Waals surface area contributed by atoms with Crippen LogP contribution in [-0.4, -0.2) is 21.8 Å². The first kappa shape index (κ1) is 19.3. The molecule has 1 fully saturated rings. The van der Waals surface area contributed by atoms with Crippen molar-refractivity contribution in [2.75, 3.05) is 0 Å². The number of alkyl halides is 3. The number of imide groups is 1. The van der Waals surface area contributed by atoms with Gasteiger partial charge < -0.3 is 5.32 Å². The molecule has 2 aromatic rings. The highest BCUT2D eigenvalue weighted by molar-refractivity contribution is 6.07. The van der Waals surface area contributed by atoms with Gasteiger partial charge in [-0.05, 0) is 30.2 Å². The van der Waals surface area contributed by atoms with Crippen molar-refractivity contribution >= 4 is 17.6 Å². The second-order valence-electron chi connectivity index (χ2n) is 6.45. The standard InChI is InChI=1S/C18H14F3N3O4/c1-17(13-3-2-4-14(9-13)24(27)28)15(25)23(16(26)22-17)10-11-5-7-12(8-6-11)18(19,20)21/h2-9H,10H2,1H3,(H,22,26). The van der Waals surface area contributed by atoms with Gasteiger partial charge in [-0.2, -0.15) is 13.2 Å². The van der Waals surface area contributed by atoms with Gasteiger partial charge in [-0.3, -0.25) is 19.8 Å². The van der Waals surface area contributed by atoms with E-state index in [2.05, 4.69) is 5.32 Å². The van der Waals surface area contributed by atoms with Crippen molar-refractivity contribution in [3.8, 4) is 0 Å². The minimum atomic E-state index is -4.49. The Morgan fingerprint density at radius 3 is 2.36 bits per heavy atom. The maximum Gasteiger partial charge on any atom is 0.416 e. The Morgan fingerprint density at radius 1 is 1.14 bits per heavy atom.